The molecule has 4 aliphatic rings. The number of hydrogen-bond donors (Lipinski definition) is 2. The third-order valence-corrected chi connectivity index (χ3v) is 12.6. The zero-order valence-electron chi connectivity index (χ0n) is 32.8. The van der Waals surface area contributed by atoms with Gasteiger partial charge in [0.2, 0.25) is 5.91 Å². The fourth-order valence-corrected chi connectivity index (χ4v) is 9.53. The van der Waals surface area contributed by atoms with Crippen LogP contribution in [0.2, 0.25) is 0 Å². The predicted molar refractivity (Wildman–Crippen MR) is 217 cm³/mol. The molecule has 1 aliphatic carbocycles. The van der Waals surface area contributed by atoms with Gasteiger partial charge in [0.15, 0.2) is 11.5 Å². The number of aromatic nitrogens is 7. The largest absolute Gasteiger partial charge is 0.368 e. The summed E-state index contributed by atoms with van der Waals surface area (Å²) in [6.07, 6.45) is 15.2. The molecule has 0 radical (unpaired) electrons. The Morgan fingerprint density at radius 2 is 1.79 bits per heavy atom. The van der Waals surface area contributed by atoms with Gasteiger partial charge in [0.05, 0.1) is 41.6 Å². The first kappa shape index (κ1) is 37.2. The molecule has 0 unspecified atom stereocenters. The van der Waals surface area contributed by atoms with Gasteiger partial charge in [-0.15, -0.1) is 5.10 Å². The number of benzene rings is 1. The molecule has 4 fully saturated rings. The summed E-state index contributed by atoms with van der Waals surface area (Å²) in [7, 11) is 0. The summed E-state index contributed by atoms with van der Waals surface area (Å²) < 4.78 is 3.36. The van der Waals surface area contributed by atoms with Crippen LogP contribution in [0.4, 0.5) is 21.9 Å². The molecule has 0 spiro atoms. The number of amides is 3. The molecule has 1 aromatic carbocycles. The molecule has 1 saturated carbocycles. The third-order valence-electron chi connectivity index (χ3n) is 12.6. The van der Waals surface area contributed by atoms with E-state index in [2.05, 4.69) is 65.1 Å². The molecule has 16 heteroatoms. The van der Waals surface area contributed by atoms with E-state index in [0.717, 1.165) is 67.6 Å². The summed E-state index contributed by atoms with van der Waals surface area (Å²) >= 11 is 0. The van der Waals surface area contributed by atoms with Gasteiger partial charge >= 0.3 is 6.03 Å². The van der Waals surface area contributed by atoms with E-state index in [0.29, 0.717) is 65.3 Å². The van der Waals surface area contributed by atoms with Crippen LogP contribution in [-0.2, 0) is 4.79 Å². The topological polar surface area (TPSA) is 190 Å². The van der Waals surface area contributed by atoms with Crippen LogP contribution < -0.4 is 20.4 Å². The van der Waals surface area contributed by atoms with Crippen LogP contribution in [0.1, 0.15) is 81.0 Å². The number of imide groups is 1. The molecule has 3 atom stereocenters. The first-order valence-electron chi connectivity index (χ1n) is 20.3. The smallest absolute Gasteiger partial charge is 0.328 e. The summed E-state index contributed by atoms with van der Waals surface area (Å²) in [6, 6.07) is 14.6. The quantitative estimate of drug-likeness (QED) is 0.185. The third kappa shape index (κ3) is 7.09. The van der Waals surface area contributed by atoms with Gasteiger partial charge in [-0.25, -0.2) is 19.4 Å². The van der Waals surface area contributed by atoms with E-state index < -0.39 is 6.04 Å². The van der Waals surface area contributed by atoms with E-state index in [9.17, 15) is 20.1 Å². The average Bonchev–Trinajstić information content (AvgIpc) is 4.06. The van der Waals surface area contributed by atoms with Crippen molar-refractivity contribution in [3.8, 4) is 23.6 Å². The lowest BCUT2D eigenvalue weighted by molar-refractivity contribution is -0.120. The Balaban J connectivity index is 0.802. The molecule has 3 saturated heterocycles. The normalized spacial score (nSPS) is 22.8. The Hall–Kier alpha value is -6.39. The molecule has 16 nitrogen and oxygen atoms in total. The van der Waals surface area contributed by atoms with E-state index in [1.54, 1.807) is 39.6 Å². The maximum absolute atomic E-state index is 12.5. The van der Waals surface area contributed by atoms with Crippen molar-refractivity contribution in [2.75, 3.05) is 41.3 Å². The maximum Gasteiger partial charge on any atom is 0.328 e. The zero-order valence-corrected chi connectivity index (χ0v) is 32.8. The van der Waals surface area contributed by atoms with Crippen molar-refractivity contribution in [1.29, 1.82) is 10.5 Å². The second-order valence-corrected chi connectivity index (χ2v) is 16.1. The number of hydrogen-bond acceptors (Lipinski definition) is 12. The monoisotopic (exact) mass is 778 g/mol. The first-order chi connectivity index (χ1) is 28.3. The number of fused-ring (bicyclic) bond motifs is 2. The van der Waals surface area contributed by atoms with Crippen LogP contribution in [0.5, 0.6) is 0 Å². The van der Waals surface area contributed by atoms with Gasteiger partial charge < -0.3 is 10.2 Å². The van der Waals surface area contributed by atoms with Crippen LogP contribution >= 0.6 is 0 Å². The summed E-state index contributed by atoms with van der Waals surface area (Å²) in [6.45, 7) is 7.55. The molecule has 5 aromatic rings. The molecule has 3 amide bonds. The number of likely N-dealkylation sites (tertiary alicyclic amines) is 1. The van der Waals surface area contributed by atoms with Crippen LogP contribution in [0.15, 0.2) is 55.1 Å². The fraction of sp³-hybridized carbons (Fsp3) is 0.452. The highest BCUT2D eigenvalue weighted by Gasteiger charge is 2.42. The van der Waals surface area contributed by atoms with Crippen LogP contribution in [0, 0.1) is 35.5 Å². The number of urea groups is 1. The Morgan fingerprint density at radius 3 is 2.59 bits per heavy atom. The highest BCUT2D eigenvalue weighted by Crippen LogP contribution is 2.40. The van der Waals surface area contributed by atoms with Gasteiger partial charge in [0.1, 0.15) is 17.8 Å². The molecule has 3 aliphatic heterocycles. The van der Waals surface area contributed by atoms with E-state index in [4.69, 9.17) is 4.98 Å². The molecule has 4 aromatic heterocycles. The Bertz CT molecular complexity index is 2450. The van der Waals surface area contributed by atoms with Crippen LogP contribution in [0.3, 0.4) is 0 Å². The van der Waals surface area contributed by atoms with E-state index >= 15 is 0 Å². The number of nitrogens with zero attached hydrogens (tertiary/aromatic N) is 12. The van der Waals surface area contributed by atoms with Crippen molar-refractivity contribution in [1.82, 2.24) is 45.0 Å². The van der Waals surface area contributed by atoms with Gasteiger partial charge in [-0.05, 0) is 101 Å². The standard InChI is InChI=1S/C42H46N14O2/c1-26-17-32(7-8-35(26)54-16-12-40(57)49-42(54)58)53-15-11-36-37(53)10-14-52(36)13-9-28-3-5-30(6-4-28)34-25-55(51-50-34)38-24-45-39(19-33(38)48-27(2)20-43)56-41-31(23-47-56)18-29(21-44)22-46-41/h7-8,17-19,22-25,27-28,30,36-37H,3-6,9-16H2,1-2H3,(H,45,48)(H,49,57,58)/t27-,28?,30?,36+,37+/m1/s1. The van der Waals surface area contributed by atoms with Crippen LogP contribution in [0.25, 0.3) is 22.5 Å². The molecule has 7 heterocycles. The number of carbonyl (C=O) groups is 2. The van der Waals surface area contributed by atoms with Crippen molar-refractivity contribution in [3.63, 3.8) is 0 Å². The van der Waals surface area contributed by atoms with Gasteiger partial charge in [-0.1, -0.05) is 5.21 Å². The first-order valence-corrected chi connectivity index (χ1v) is 20.3. The number of nitriles is 2. The lowest BCUT2D eigenvalue weighted by Crippen LogP contribution is -2.49. The number of aryl methyl sites for hydroxylation is 1. The zero-order chi connectivity index (χ0) is 39.9. The second-order valence-electron chi connectivity index (χ2n) is 16.1. The summed E-state index contributed by atoms with van der Waals surface area (Å²) in [5.74, 6) is 1.34. The number of nitrogens with one attached hydrogen (secondary N) is 2. The number of rotatable bonds is 10. The van der Waals surface area contributed by atoms with Crippen molar-refractivity contribution in [2.45, 2.75) is 89.3 Å². The average molecular weight is 779 g/mol. The predicted octanol–water partition coefficient (Wildman–Crippen LogP) is 5.36. The van der Waals surface area contributed by atoms with Crippen molar-refractivity contribution in [2.24, 2.45) is 5.92 Å². The molecule has 2 N–H and O–H groups in total. The molecule has 58 heavy (non-hydrogen) atoms. The van der Waals surface area contributed by atoms with E-state index in [-0.39, 0.29) is 11.9 Å². The van der Waals surface area contributed by atoms with Gasteiger partial charge in [0.25, 0.3) is 0 Å². The van der Waals surface area contributed by atoms with Crippen molar-refractivity contribution in [3.05, 3.63) is 71.9 Å². The maximum atomic E-state index is 12.5. The highest BCUT2D eigenvalue weighted by atomic mass is 16.2. The van der Waals surface area contributed by atoms with Gasteiger partial charge in [-0.2, -0.15) is 20.3 Å². The molecule has 296 valence electrons. The van der Waals surface area contributed by atoms with Gasteiger partial charge in [-0.3, -0.25) is 19.9 Å². The molecular formula is C42H46N14O2. The van der Waals surface area contributed by atoms with Gasteiger partial charge in [0, 0.05) is 73.1 Å². The summed E-state index contributed by atoms with van der Waals surface area (Å²) in [5, 5.41) is 38.9. The van der Waals surface area contributed by atoms with E-state index in [1.165, 1.54) is 31.1 Å². The molecule has 0 bridgehead atoms. The Kier molecular flexibility index (Phi) is 9.95. The van der Waals surface area contributed by atoms with Crippen LogP contribution in [-0.4, -0.2) is 95.9 Å². The minimum absolute atomic E-state index is 0.217. The number of anilines is 3. The minimum atomic E-state index is -0.467. The lowest BCUT2D eigenvalue weighted by Gasteiger charge is -2.31. The highest BCUT2D eigenvalue weighted by molar-refractivity contribution is 6.06. The number of pyridine rings is 2. The lowest BCUT2D eigenvalue weighted by atomic mass is 9.79. The van der Waals surface area contributed by atoms with Crippen molar-refractivity contribution < 1.29 is 9.59 Å². The van der Waals surface area contributed by atoms with E-state index in [1.807, 2.05) is 25.3 Å². The SMILES string of the molecule is Cc1cc(N2CC[C@H]3[C@@H]2CCN3CCC2CCC(c3cn(-c4cnc(-n5ncc6cc(C#N)cnc65)cc4N[C@H](C)C#N)nn3)CC2)ccc1N1CCC(=O)NC1=O. The molecular weight excluding hydrogens is 733 g/mol. The summed E-state index contributed by atoms with van der Waals surface area (Å²) in [5.41, 5.74) is 6.49. The fourth-order valence-electron chi connectivity index (χ4n) is 9.53. The Labute approximate surface area is 336 Å². The minimum Gasteiger partial charge on any atom is -0.368 e. The summed E-state index contributed by atoms with van der Waals surface area (Å²) in [4.78, 5) is 40.2. The second kappa shape index (κ2) is 15.5. The Morgan fingerprint density at radius 1 is 0.948 bits per heavy atom. The number of carbonyl (C=O) groups excluding carboxylic acids is 2. The van der Waals surface area contributed by atoms with Crippen molar-refractivity contribution >= 4 is 40.0 Å². The molecule has 9 rings (SSSR count).